The molecule has 0 saturated carbocycles. The first kappa shape index (κ1) is 14.0. The Kier molecular flexibility index (Phi) is 5.97. The van der Waals surface area contributed by atoms with Gasteiger partial charge in [0.1, 0.15) is 0 Å². The van der Waals surface area contributed by atoms with Crippen molar-refractivity contribution in [1.29, 1.82) is 0 Å². The van der Waals surface area contributed by atoms with Gasteiger partial charge in [0.15, 0.2) is 0 Å². The topological polar surface area (TPSA) is 75.4 Å². The first-order valence-electron chi connectivity index (χ1n) is 6.40. The predicted molar refractivity (Wildman–Crippen MR) is 66.3 cm³/mol. The summed E-state index contributed by atoms with van der Waals surface area (Å²) in [5, 5.41) is 3.31. The molecule has 0 unspecified atom stereocenters. The fourth-order valence-corrected chi connectivity index (χ4v) is 2.22. The monoisotopic (exact) mass is 241 g/mol. The van der Waals surface area contributed by atoms with Crippen LogP contribution in [0.2, 0.25) is 0 Å². The van der Waals surface area contributed by atoms with E-state index in [2.05, 4.69) is 5.32 Å². The Morgan fingerprint density at radius 1 is 1.35 bits per heavy atom. The molecular weight excluding hydrogens is 218 g/mol. The Labute approximate surface area is 103 Å². The van der Waals surface area contributed by atoms with Crippen LogP contribution in [0.3, 0.4) is 0 Å². The number of nitrogens with zero attached hydrogens (tertiary/aromatic N) is 1. The Hall–Kier alpha value is -1.10. The van der Waals surface area contributed by atoms with Crippen molar-refractivity contribution in [1.82, 2.24) is 10.2 Å². The average molecular weight is 241 g/mol. The molecule has 1 saturated heterocycles. The minimum absolute atomic E-state index is 0.0432. The van der Waals surface area contributed by atoms with Crippen LogP contribution in [0.4, 0.5) is 0 Å². The Bertz CT molecular complexity index is 262. The molecular formula is C12H23N3O2. The van der Waals surface area contributed by atoms with Crippen LogP contribution in [0, 0.1) is 5.92 Å². The van der Waals surface area contributed by atoms with E-state index in [0.717, 1.165) is 32.4 Å². The molecule has 0 aromatic carbocycles. The molecule has 1 rings (SSSR count). The molecule has 1 aliphatic rings. The van der Waals surface area contributed by atoms with E-state index in [1.165, 1.54) is 4.90 Å². The van der Waals surface area contributed by atoms with Crippen molar-refractivity contribution in [3.8, 4) is 0 Å². The lowest BCUT2D eigenvalue weighted by Crippen LogP contribution is -2.38. The molecule has 0 atom stereocenters. The van der Waals surface area contributed by atoms with Crippen LogP contribution < -0.4 is 11.1 Å². The smallest absolute Gasteiger partial charge is 0.237 e. The number of nitrogens with one attached hydrogen (secondary N) is 1. The van der Waals surface area contributed by atoms with E-state index in [4.69, 9.17) is 5.73 Å². The summed E-state index contributed by atoms with van der Waals surface area (Å²) in [6.07, 6.45) is 3.76. The maximum atomic E-state index is 11.9. The number of nitrogens with two attached hydrogens (primary N) is 1. The molecule has 5 nitrogen and oxygen atoms in total. The summed E-state index contributed by atoms with van der Waals surface area (Å²) in [5.41, 5.74) is 5.10. The van der Waals surface area contributed by atoms with Gasteiger partial charge in [0.05, 0.1) is 6.54 Å². The second-order valence-corrected chi connectivity index (χ2v) is 4.61. The Morgan fingerprint density at radius 2 is 2.00 bits per heavy atom. The van der Waals surface area contributed by atoms with Gasteiger partial charge in [-0.05, 0) is 45.2 Å². The molecule has 17 heavy (non-hydrogen) atoms. The summed E-state index contributed by atoms with van der Waals surface area (Å²) in [6.45, 7) is 4.57. The lowest BCUT2D eigenvalue weighted by Gasteiger charge is -2.24. The van der Waals surface area contributed by atoms with Gasteiger partial charge in [0, 0.05) is 13.0 Å². The first-order valence-corrected chi connectivity index (χ1v) is 6.40. The predicted octanol–water partition coefficient (Wildman–Crippen LogP) is 0.100. The molecule has 1 aliphatic heterocycles. The van der Waals surface area contributed by atoms with E-state index in [1.807, 2.05) is 6.92 Å². The summed E-state index contributed by atoms with van der Waals surface area (Å²) in [5.74, 6) is 0.249. The third-order valence-corrected chi connectivity index (χ3v) is 3.31. The van der Waals surface area contributed by atoms with Crippen LogP contribution in [0.15, 0.2) is 0 Å². The maximum absolute atomic E-state index is 11.9. The van der Waals surface area contributed by atoms with E-state index in [9.17, 15) is 9.59 Å². The third kappa shape index (κ3) is 5.17. The van der Waals surface area contributed by atoms with Gasteiger partial charge in [-0.2, -0.15) is 0 Å². The van der Waals surface area contributed by atoms with Crippen molar-refractivity contribution in [3.05, 3.63) is 0 Å². The van der Waals surface area contributed by atoms with Crippen LogP contribution in [-0.2, 0) is 9.59 Å². The van der Waals surface area contributed by atoms with Gasteiger partial charge in [0.25, 0.3) is 0 Å². The second-order valence-electron chi connectivity index (χ2n) is 4.61. The quantitative estimate of drug-likeness (QED) is 0.692. The number of hydrogen-bond donors (Lipinski definition) is 2. The number of primary amides is 1. The number of piperidine rings is 1. The molecule has 2 amide bonds. The molecule has 98 valence electrons. The molecule has 0 aromatic heterocycles. The minimum atomic E-state index is -0.443. The van der Waals surface area contributed by atoms with E-state index in [-0.39, 0.29) is 12.5 Å². The number of carbonyl (C=O) groups excluding carboxylic acids is 2. The van der Waals surface area contributed by atoms with Crippen molar-refractivity contribution in [3.63, 3.8) is 0 Å². The summed E-state index contributed by atoms with van der Waals surface area (Å²) < 4.78 is 0. The maximum Gasteiger partial charge on any atom is 0.237 e. The van der Waals surface area contributed by atoms with Crippen LogP contribution in [0.25, 0.3) is 0 Å². The SMILES string of the molecule is CCN(CC(N)=O)C(=O)CCC1CCNCC1. The third-order valence-electron chi connectivity index (χ3n) is 3.31. The van der Waals surface area contributed by atoms with Gasteiger partial charge in [-0.3, -0.25) is 9.59 Å². The van der Waals surface area contributed by atoms with Gasteiger partial charge in [-0.1, -0.05) is 0 Å². The van der Waals surface area contributed by atoms with Crippen LogP contribution in [0.1, 0.15) is 32.6 Å². The van der Waals surface area contributed by atoms with Crippen molar-refractivity contribution < 1.29 is 9.59 Å². The zero-order valence-electron chi connectivity index (χ0n) is 10.6. The van der Waals surface area contributed by atoms with Crippen molar-refractivity contribution in [2.45, 2.75) is 32.6 Å². The summed E-state index contributed by atoms with van der Waals surface area (Å²) in [6, 6.07) is 0. The molecule has 0 spiro atoms. The fraction of sp³-hybridized carbons (Fsp3) is 0.833. The zero-order chi connectivity index (χ0) is 12.7. The van der Waals surface area contributed by atoms with Crippen molar-refractivity contribution in [2.24, 2.45) is 11.7 Å². The minimum Gasteiger partial charge on any atom is -0.368 e. The Morgan fingerprint density at radius 3 is 2.53 bits per heavy atom. The number of rotatable bonds is 6. The lowest BCUT2D eigenvalue weighted by atomic mass is 9.93. The van der Waals surface area contributed by atoms with E-state index >= 15 is 0 Å². The van der Waals surface area contributed by atoms with Gasteiger partial charge >= 0.3 is 0 Å². The highest BCUT2D eigenvalue weighted by atomic mass is 16.2. The number of likely N-dealkylation sites (N-methyl/N-ethyl adjacent to an activating group) is 1. The largest absolute Gasteiger partial charge is 0.368 e. The zero-order valence-corrected chi connectivity index (χ0v) is 10.6. The lowest BCUT2D eigenvalue weighted by molar-refractivity contribution is -0.135. The second kappa shape index (κ2) is 7.27. The molecule has 0 aromatic rings. The average Bonchev–Trinajstić information content (AvgIpc) is 2.34. The molecule has 0 radical (unpaired) electrons. The molecule has 0 bridgehead atoms. The van der Waals surface area contributed by atoms with Crippen molar-refractivity contribution >= 4 is 11.8 Å². The summed E-state index contributed by atoms with van der Waals surface area (Å²) in [7, 11) is 0. The standard InChI is InChI=1S/C12H23N3O2/c1-2-15(9-11(13)16)12(17)4-3-10-5-7-14-8-6-10/h10,14H,2-9H2,1H3,(H2,13,16). The number of amides is 2. The van der Waals surface area contributed by atoms with E-state index in [0.29, 0.717) is 18.9 Å². The highest BCUT2D eigenvalue weighted by Gasteiger charge is 2.18. The number of carbonyl (C=O) groups is 2. The van der Waals surface area contributed by atoms with Gasteiger partial charge < -0.3 is 16.0 Å². The highest BCUT2D eigenvalue weighted by Crippen LogP contribution is 2.18. The van der Waals surface area contributed by atoms with E-state index in [1.54, 1.807) is 0 Å². The molecule has 3 N–H and O–H groups in total. The van der Waals surface area contributed by atoms with Crippen LogP contribution >= 0.6 is 0 Å². The van der Waals surface area contributed by atoms with Crippen LogP contribution in [0.5, 0.6) is 0 Å². The number of hydrogen-bond acceptors (Lipinski definition) is 3. The van der Waals surface area contributed by atoms with Crippen molar-refractivity contribution in [2.75, 3.05) is 26.2 Å². The highest BCUT2D eigenvalue weighted by molar-refractivity contribution is 5.83. The molecule has 1 heterocycles. The molecule has 5 heteroatoms. The normalized spacial score (nSPS) is 16.8. The van der Waals surface area contributed by atoms with Gasteiger partial charge in [-0.25, -0.2) is 0 Å². The first-order chi connectivity index (χ1) is 8.13. The Balaban J connectivity index is 2.28. The van der Waals surface area contributed by atoms with Gasteiger partial charge in [0.2, 0.25) is 11.8 Å². The summed E-state index contributed by atoms with van der Waals surface area (Å²) in [4.78, 5) is 24.2. The van der Waals surface area contributed by atoms with Gasteiger partial charge in [-0.15, -0.1) is 0 Å². The van der Waals surface area contributed by atoms with Crippen LogP contribution in [-0.4, -0.2) is 42.9 Å². The molecule has 1 fully saturated rings. The van der Waals surface area contributed by atoms with E-state index < -0.39 is 5.91 Å². The molecule has 0 aliphatic carbocycles. The summed E-state index contributed by atoms with van der Waals surface area (Å²) >= 11 is 0. The fourth-order valence-electron chi connectivity index (χ4n) is 2.22.